The number of aldehydes is 1. The van der Waals surface area contributed by atoms with Gasteiger partial charge in [-0.25, -0.2) is 0 Å². The first-order valence-corrected chi connectivity index (χ1v) is 7.58. The molecule has 1 aliphatic rings. The second kappa shape index (κ2) is 5.59. The summed E-state index contributed by atoms with van der Waals surface area (Å²) in [7, 11) is 0. The zero-order chi connectivity index (χ0) is 13.9. The molecule has 3 nitrogen and oxygen atoms in total. The van der Waals surface area contributed by atoms with E-state index in [2.05, 4.69) is 16.8 Å². The van der Waals surface area contributed by atoms with Crippen molar-refractivity contribution in [3.63, 3.8) is 0 Å². The summed E-state index contributed by atoms with van der Waals surface area (Å²) < 4.78 is 0. The monoisotopic (exact) mass is 285 g/mol. The number of carbonyl (C=O) groups excluding carboxylic acids is 2. The van der Waals surface area contributed by atoms with E-state index in [1.165, 1.54) is 10.4 Å². The SMILES string of the molecule is O=Cc1cccc(NC(=O)C2CCCc3sccc32)c1. The third kappa shape index (κ3) is 2.51. The predicted octanol–water partition coefficient (Wildman–Crippen LogP) is 3.62. The maximum absolute atomic E-state index is 12.4. The fourth-order valence-corrected chi connectivity index (χ4v) is 3.67. The van der Waals surface area contributed by atoms with Crippen LogP contribution in [-0.4, -0.2) is 12.2 Å². The van der Waals surface area contributed by atoms with Gasteiger partial charge in [0.05, 0.1) is 5.92 Å². The van der Waals surface area contributed by atoms with Crippen LogP contribution in [0.3, 0.4) is 0 Å². The fraction of sp³-hybridized carbons (Fsp3) is 0.250. The number of benzene rings is 1. The Kier molecular flexibility index (Phi) is 3.65. The Labute approximate surface area is 121 Å². The van der Waals surface area contributed by atoms with Crippen molar-refractivity contribution in [1.82, 2.24) is 0 Å². The van der Waals surface area contributed by atoms with Gasteiger partial charge >= 0.3 is 0 Å². The summed E-state index contributed by atoms with van der Waals surface area (Å²) >= 11 is 1.73. The van der Waals surface area contributed by atoms with E-state index in [0.717, 1.165) is 25.5 Å². The number of fused-ring (bicyclic) bond motifs is 1. The lowest BCUT2D eigenvalue weighted by Gasteiger charge is -2.21. The Morgan fingerprint density at radius 2 is 2.25 bits per heavy atom. The second-order valence-electron chi connectivity index (χ2n) is 4.98. The molecule has 2 aromatic rings. The average molecular weight is 285 g/mol. The molecule has 0 radical (unpaired) electrons. The average Bonchev–Trinajstić information content (AvgIpc) is 2.95. The third-order valence-electron chi connectivity index (χ3n) is 3.66. The standard InChI is InChI=1S/C16H15NO2S/c18-10-11-3-1-4-12(9-11)17-16(19)14-5-2-6-15-13(14)7-8-20-15/h1,3-4,7-10,14H,2,5-6H2,(H,17,19). The largest absolute Gasteiger partial charge is 0.326 e. The van der Waals surface area contributed by atoms with Crippen molar-refractivity contribution in [1.29, 1.82) is 0 Å². The molecule has 0 saturated carbocycles. The molecule has 4 heteroatoms. The van der Waals surface area contributed by atoms with Crippen LogP contribution >= 0.6 is 11.3 Å². The molecule has 0 aliphatic heterocycles. The summed E-state index contributed by atoms with van der Waals surface area (Å²) in [5.74, 6) is -0.0442. The molecule has 102 valence electrons. The molecule has 1 amide bonds. The van der Waals surface area contributed by atoms with Crippen molar-refractivity contribution < 1.29 is 9.59 Å². The van der Waals surface area contributed by atoms with E-state index in [-0.39, 0.29) is 11.8 Å². The van der Waals surface area contributed by atoms with Gasteiger partial charge < -0.3 is 5.32 Å². The van der Waals surface area contributed by atoms with Gasteiger partial charge in [-0.2, -0.15) is 0 Å². The number of rotatable bonds is 3. The van der Waals surface area contributed by atoms with Crippen molar-refractivity contribution in [2.24, 2.45) is 0 Å². The molecular weight excluding hydrogens is 270 g/mol. The number of thiophene rings is 1. The molecule has 1 unspecified atom stereocenters. The minimum absolute atomic E-state index is 0.0207. The van der Waals surface area contributed by atoms with Crippen LogP contribution in [0.2, 0.25) is 0 Å². The van der Waals surface area contributed by atoms with Gasteiger partial charge in [-0.3, -0.25) is 9.59 Å². The molecule has 1 aromatic heterocycles. The highest BCUT2D eigenvalue weighted by Crippen LogP contribution is 2.35. The van der Waals surface area contributed by atoms with Gasteiger partial charge in [0.15, 0.2) is 0 Å². The highest BCUT2D eigenvalue weighted by molar-refractivity contribution is 7.10. The lowest BCUT2D eigenvalue weighted by Crippen LogP contribution is -2.23. The summed E-state index contributed by atoms with van der Waals surface area (Å²) in [5, 5.41) is 4.98. The van der Waals surface area contributed by atoms with E-state index in [1.54, 1.807) is 29.5 Å². The summed E-state index contributed by atoms with van der Waals surface area (Å²) in [6.45, 7) is 0. The van der Waals surface area contributed by atoms with Gasteiger partial charge in [0.25, 0.3) is 0 Å². The normalized spacial score (nSPS) is 17.3. The van der Waals surface area contributed by atoms with Gasteiger partial charge in [-0.1, -0.05) is 12.1 Å². The maximum atomic E-state index is 12.4. The summed E-state index contributed by atoms with van der Waals surface area (Å²) in [6, 6.07) is 9.06. The third-order valence-corrected chi connectivity index (χ3v) is 4.66. The molecule has 20 heavy (non-hydrogen) atoms. The van der Waals surface area contributed by atoms with Crippen molar-refractivity contribution in [2.45, 2.75) is 25.2 Å². The van der Waals surface area contributed by atoms with Gasteiger partial charge in [0.2, 0.25) is 5.91 Å². The van der Waals surface area contributed by atoms with Gasteiger partial charge in [0.1, 0.15) is 6.29 Å². The molecule has 1 atom stereocenters. The number of anilines is 1. The van der Waals surface area contributed by atoms with Crippen molar-refractivity contribution in [3.8, 4) is 0 Å². The molecular formula is C16H15NO2S. The number of nitrogens with one attached hydrogen (secondary N) is 1. The number of amides is 1. The number of aryl methyl sites for hydroxylation is 1. The Morgan fingerprint density at radius 1 is 1.35 bits per heavy atom. The molecule has 0 spiro atoms. The topological polar surface area (TPSA) is 46.2 Å². The smallest absolute Gasteiger partial charge is 0.231 e. The Hall–Kier alpha value is -1.94. The van der Waals surface area contributed by atoms with Crippen molar-refractivity contribution in [2.75, 3.05) is 5.32 Å². The quantitative estimate of drug-likeness (QED) is 0.875. The Balaban J connectivity index is 1.79. The van der Waals surface area contributed by atoms with Gasteiger partial charge in [0, 0.05) is 16.1 Å². The summed E-state index contributed by atoms with van der Waals surface area (Å²) in [4.78, 5) is 24.5. The van der Waals surface area contributed by atoms with Crippen LogP contribution in [0.15, 0.2) is 35.7 Å². The Morgan fingerprint density at radius 3 is 3.10 bits per heavy atom. The highest BCUT2D eigenvalue weighted by atomic mass is 32.1. The molecule has 1 aromatic carbocycles. The van der Waals surface area contributed by atoms with Crippen LogP contribution in [0.1, 0.15) is 39.6 Å². The van der Waals surface area contributed by atoms with Crippen molar-refractivity contribution in [3.05, 3.63) is 51.7 Å². The summed E-state index contributed by atoms with van der Waals surface area (Å²) in [5.41, 5.74) is 2.43. The van der Waals surface area contributed by atoms with Crippen molar-refractivity contribution >= 4 is 29.2 Å². The fourth-order valence-electron chi connectivity index (χ4n) is 2.68. The van der Waals surface area contributed by atoms with E-state index in [9.17, 15) is 9.59 Å². The van der Waals surface area contributed by atoms with Crippen LogP contribution in [0.5, 0.6) is 0 Å². The van der Waals surface area contributed by atoms with Gasteiger partial charge in [-0.15, -0.1) is 11.3 Å². The lowest BCUT2D eigenvalue weighted by molar-refractivity contribution is -0.117. The highest BCUT2D eigenvalue weighted by Gasteiger charge is 2.27. The molecule has 0 saturated heterocycles. The molecule has 1 aliphatic carbocycles. The van der Waals surface area contributed by atoms with E-state index in [4.69, 9.17) is 0 Å². The first-order valence-electron chi connectivity index (χ1n) is 6.70. The second-order valence-corrected chi connectivity index (χ2v) is 5.98. The van der Waals surface area contributed by atoms with Crippen LogP contribution in [0.25, 0.3) is 0 Å². The number of hydrogen-bond donors (Lipinski definition) is 1. The first-order chi connectivity index (χ1) is 9.78. The molecule has 0 fully saturated rings. The van der Waals surface area contributed by atoms with Crippen LogP contribution < -0.4 is 5.32 Å². The number of carbonyl (C=O) groups is 2. The molecule has 1 N–H and O–H groups in total. The Bertz CT molecular complexity index is 647. The zero-order valence-corrected chi connectivity index (χ0v) is 11.8. The maximum Gasteiger partial charge on any atom is 0.231 e. The first kappa shape index (κ1) is 13.1. The minimum atomic E-state index is -0.0649. The minimum Gasteiger partial charge on any atom is -0.326 e. The van der Waals surface area contributed by atoms with Gasteiger partial charge in [-0.05, 0) is 48.4 Å². The molecule has 1 heterocycles. The van der Waals surface area contributed by atoms with E-state index in [0.29, 0.717) is 11.3 Å². The van der Waals surface area contributed by atoms with E-state index >= 15 is 0 Å². The van der Waals surface area contributed by atoms with E-state index < -0.39 is 0 Å². The number of hydrogen-bond acceptors (Lipinski definition) is 3. The predicted molar refractivity (Wildman–Crippen MR) is 80.5 cm³/mol. The zero-order valence-electron chi connectivity index (χ0n) is 11.0. The van der Waals surface area contributed by atoms with Crippen LogP contribution in [0.4, 0.5) is 5.69 Å². The van der Waals surface area contributed by atoms with Crippen LogP contribution in [0, 0.1) is 0 Å². The summed E-state index contributed by atoms with van der Waals surface area (Å²) in [6.07, 6.45) is 3.81. The molecule has 3 rings (SSSR count). The lowest BCUT2D eigenvalue weighted by atomic mass is 9.87. The van der Waals surface area contributed by atoms with E-state index in [1.807, 2.05) is 6.07 Å². The molecule has 0 bridgehead atoms. The van der Waals surface area contributed by atoms with Crippen LogP contribution in [-0.2, 0) is 11.2 Å².